The van der Waals surface area contributed by atoms with Gasteiger partial charge in [0.2, 0.25) is 0 Å². The first kappa shape index (κ1) is 13.7. The summed E-state index contributed by atoms with van der Waals surface area (Å²) in [7, 11) is 1.95. The van der Waals surface area contributed by atoms with Gasteiger partial charge in [-0.3, -0.25) is 4.68 Å². The summed E-state index contributed by atoms with van der Waals surface area (Å²) in [5, 5.41) is 12.4. The smallest absolute Gasteiger partial charge is 0.158 e. The van der Waals surface area contributed by atoms with Crippen LogP contribution in [0.3, 0.4) is 0 Å². The Bertz CT molecular complexity index is 566. The van der Waals surface area contributed by atoms with Gasteiger partial charge in [0, 0.05) is 19.2 Å². The molecule has 6 heteroatoms. The van der Waals surface area contributed by atoms with E-state index in [9.17, 15) is 0 Å². The topological polar surface area (TPSA) is 60.6 Å². The van der Waals surface area contributed by atoms with Crippen LogP contribution in [0.1, 0.15) is 36.3 Å². The van der Waals surface area contributed by atoms with E-state index < -0.39 is 0 Å². The van der Waals surface area contributed by atoms with Crippen LogP contribution in [0, 0.1) is 20.8 Å². The van der Waals surface area contributed by atoms with Gasteiger partial charge in [-0.15, -0.1) is 5.10 Å². The van der Waals surface area contributed by atoms with Gasteiger partial charge in [0.25, 0.3) is 0 Å². The molecule has 104 valence electrons. The Morgan fingerprint density at radius 2 is 1.89 bits per heavy atom. The highest BCUT2D eigenvalue weighted by atomic mass is 15.4. The maximum absolute atomic E-state index is 4.50. The van der Waals surface area contributed by atoms with Crippen molar-refractivity contribution in [2.45, 2.75) is 40.7 Å². The number of rotatable bonds is 5. The molecule has 0 unspecified atom stereocenters. The molecule has 0 fully saturated rings. The van der Waals surface area contributed by atoms with E-state index in [1.54, 1.807) is 0 Å². The van der Waals surface area contributed by atoms with Crippen molar-refractivity contribution >= 4 is 0 Å². The van der Waals surface area contributed by atoms with Crippen LogP contribution in [0.4, 0.5) is 0 Å². The number of nitrogens with zero attached hydrogens (tertiary/aromatic N) is 5. The van der Waals surface area contributed by atoms with E-state index in [0.29, 0.717) is 0 Å². The minimum Gasteiger partial charge on any atom is -0.312 e. The second kappa shape index (κ2) is 5.52. The van der Waals surface area contributed by atoms with Gasteiger partial charge >= 0.3 is 0 Å². The molecule has 0 aliphatic rings. The molecule has 0 bridgehead atoms. The molecule has 19 heavy (non-hydrogen) atoms. The van der Waals surface area contributed by atoms with Crippen molar-refractivity contribution in [1.82, 2.24) is 29.9 Å². The fourth-order valence-corrected chi connectivity index (χ4v) is 2.27. The fourth-order valence-electron chi connectivity index (χ4n) is 2.27. The second-order valence-corrected chi connectivity index (χ2v) is 4.81. The molecular formula is C13H22N6. The van der Waals surface area contributed by atoms with Crippen LogP contribution < -0.4 is 5.32 Å². The normalized spacial score (nSPS) is 11.2. The Morgan fingerprint density at radius 1 is 1.16 bits per heavy atom. The van der Waals surface area contributed by atoms with E-state index in [4.69, 9.17) is 0 Å². The fraction of sp³-hybridized carbons (Fsp3) is 0.615. The molecule has 0 aliphatic carbocycles. The highest BCUT2D eigenvalue weighted by Crippen LogP contribution is 2.18. The van der Waals surface area contributed by atoms with E-state index in [0.717, 1.165) is 42.7 Å². The first-order chi connectivity index (χ1) is 9.04. The van der Waals surface area contributed by atoms with Gasteiger partial charge in [0.05, 0.1) is 5.69 Å². The molecule has 0 radical (unpaired) electrons. The summed E-state index contributed by atoms with van der Waals surface area (Å²) in [6.07, 6.45) is 1.12. The molecule has 0 amide bonds. The predicted octanol–water partition coefficient (Wildman–Crippen LogP) is 1.43. The van der Waals surface area contributed by atoms with Crippen molar-refractivity contribution in [2.24, 2.45) is 7.05 Å². The van der Waals surface area contributed by atoms with E-state index in [-0.39, 0.29) is 0 Å². The Morgan fingerprint density at radius 3 is 2.47 bits per heavy atom. The van der Waals surface area contributed by atoms with Gasteiger partial charge in [-0.2, -0.15) is 9.78 Å². The summed E-state index contributed by atoms with van der Waals surface area (Å²) in [6.45, 7) is 9.87. The number of aryl methyl sites for hydroxylation is 4. The largest absolute Gasteiger partial charge is 0.312 e. The van der Waals surface area contributed by atoms with Crippen LogP contribution in [0.25, 0.3) is 5.82 Å². The summed E-state index contributed by atoms with van der Waals surface area (Å²) >= 11 is 0. The number of hydrogen-bond donors (Lipinski definition) is 1. The van der Waals surface area contributed by atoms with Crippen LogP contribution in [-0.2, 0) is 13.6 Å². The molecule has 0 spiro atoms. The standard InChI is InChI=1S/C13H22N6/c1-6-7-14-8-12-9(2)16-18(5)13(12)19-11(4)15-10(3)17-19/h14H,6-8H2,1-5H3. The summed E-state index contributed by atoms with van der Waals surface area (Å²) < 4.78 is 3.75. The molecule has 0 saturated heterocycles. The van der Waals surface area contributed by atoms with Crippen molar-refractivity contribution in [3.05, 3.63) is 22.9 Å². The molecule has 6 nitrogen and oxygen atoms in total. The van der Waals surface area contributed by atoms with E-state index in [1.807, 2.05) is 37.2 Å². The molecule has 2 heterocycles. The Balaban J connectivity index is 2.41. The SMILES string of the molecule is CCCNCc1c(C)nn(C)c1-n1nc(C)nc1C. The van der Waals surface area contributed by atoms with Crippen molar-refractivity contribution in [3.8, 4) is 5.82 Å². The molecular weight excluding hydrogens is 240 g/mol. The molecule has 2 aromatic rings. The first-order valence-electron chi connectivity index (χ1n) is 6.68. The van der Waals surface area contributed by atoms with Crippen molar-refractivity contribution in [1.29, 1.82) is 0 Å². The first-order valence-corrected chi connectivity index (χ1v) is 6.68. The summed E-state index contributed by atoms with van der Waals surface area (Å²) in [5.74, 6) is 2.67. The second-order valence-electron chi connectivity index (χ2n) is 4.81. The van der Waals surface area contributed by atoms with Crippen molar-refractivity contribution in [3.63, 3.8) is 0 Å². The van der Waals surface area contributed by atoms with E-state index in [1.165, 1.54) is 5.56 Å². The zero-order valence-electron chi connectivity index (χ0n) is 12.4. The van der Waals surface area contributed by atoms with Crippen LogP contribution >= 0.6 is 0 Å². The summed E-state index contributed by atoms with van der Waals surface area (Å²) in [4.78, 5) is 4.37. The molecule has 2 aromatic heterocycles. The zero-order valence-corrected chi connectivity index (χ0v) is 12.4. The van der Waals surface area contributed by atoms with Crippen LogP contribution in [0.5, 0.6) is 0 Å². The Kier molecular flexibility index (Phi) is 3.99. The maximum atomic E-state index is 4.50. The van der Waals surface area contributed by atoms with Gasteiger partial charge in [0.1, 0.15) is 11.6 Å². The highest BCUT2D eigenvalue weighted by Gasteiger charge is 2.17. The molecule has 0 aliphatic heterocycles. The monoisotopic (exact) mass is 262 g/mol. The molecule has 0 atom stereocenters. The molecule has 0 aromatic carbocycles. The van der Waals surface area contributed by atoms with Gasteiger partial charge in [0.15, 0.2) is 5.82 Å². The summed E-state index contributed by atoms with van der Waals surface area (Å²) in [5.41, 5.74) is 2.22. The number of nitrogens with one attached hydrogen (secondary N) is 1. The Labute approximate surface area is 113 Å². The van der Waals surface area contributed by atoms with Crippen molar-refractivity contribution < 1.29 is 0 Å². The van der Waals surface area contributed by atoms with Crippen molar-refractivity contribution in [2.75, 3.05) is 6.54 Å². The van der Waals surface area contributed by atoms with Gasteiger partial charge < -0.3 is 5.32 Å². The van der Waals surface area contributed by atoms with Crippen LogP contribution in [0.2, 0.25) is 0 Å². The maximum Gasteiger partial charge on any atom is 0.158 e. The highest BCUT2D eigenvalue weighted by molar-refractivity contribution is 5.38. The van der Waals surface area contributed by atoms with E-state index in [2.05, 4.69) is 27.4 Å². The predicted molar refractivity (Wildman–Crippen MR) is 74.3 cm³/mol. The Hall–Kier alpha value is -1.69. The lowest BCUT2D eigenvalue weighted by Gasteiger charge is -2.08. The number of aromatic nitrogens is 5. The quantitative estimate of drug-likeness (QED) is 0.828. The minimum atomic E-state index is 0.781. The lowest BCUT2D eigenvalue weighted by atomic mass is 10.2. The van der Waals surface area contributed by atoms with Gasteiger partial charge in [-0.1, -0.05) is 6.92 Å². The van der Waals surface area contributed by atoms with E-state index >= 15 is 0 Å². The number of hydrogen-bond acceptors (Lipinski definition) is 4. The third kappa shape index (κ3) is 2.68. The van der Waals surface area contributed by atoms with Gasteiger partial charge in [-0.05, 0) is 33.7 Å². The average molecular weight is 262 g/mol. The molecule has 0 saturated carbocycles. The van der Waals surface area contributed by atoms with Gasteiger partial charge in [-0.25, -0.2) is 4.98 Å². The third-order valence-electron chi connectivity index (χ3n) is 3.12. The van der Waals surface area contributed by atoms with Crippen LogP contribution in [0.15, 0.2) is 0 Å². The molecule has 2 rings (SSSR count). The lowest BCUT2D eigenvalue weighted by molar-refractivity contribution is 0.653. The third-order valence-corrected chi connectivity index (χ3v) is 3.12. The zero-order chi connectivity index (χ0) is 14.0. The lowest BCUT2D eigenvalue weighted by Crippen LogP contribution is -2.17. The minimum absolute atomic E-state index is 0.781. The summed E-state index contributed by atoms with van der Waals surface area (Å²) in [6, 6.07) is 0. The van der Waals surface area contributed by atoms with Crippen LogP contribution in [-0.4, -0.2) is 31.1 Å². The molecule has 1 N–H and O–H groups in total. The average Bonchev–Trinajstić information content (AvgIpc) is 2.79.